The molecule has 6 nitrogen and oxygen atoms in total. The summed E-state index contributed by atoms with van der Waals surface area (Å²) in [5.41, 5.74) is 7.22. The summed E-state index contributed by atoms with van der Waals surface area (Å²) in [6, 6.07) is 9.27. The number of para-hydroxylation sites is 1. The third kappa shape index (κ3) is 3.17. The lowest BCUT2D eigenvalue weighted by atomic mass is 10.3. The Morgan fingerprint density at radius 2 is 2.11 bits per heavy atom. The van der Waals surface area contributed by atoms with Gasteiger partial charge in [-0.05, 0) is 19.1 Å². The molecule has 2 N–H and O–H groups in total. The molecule has 1 amide bonds. The normalized spacial score (nSPS) is 12.2. The molecule has 0 aliphatic carbocycles. The van der Waals surface area contributed by atoms with Crippen molar-refractivity contribution in [3.8, 4) is 0 Å². The van der Waals surface area contributed by atoms with Gasteiger partial charge in [0, 0.05) is 18.8 Å². The van der Waals surface area contributed by atoms with Gasteiger partial charge in [0.15, 0.2) is 0 Å². The Kier molecular flexibility index (Phi) is 3.91. The van der Waals surface area contributed by atoms with E-state index < -0.39 is 0 Å². The molecule has 0 spiro atoms. The molecule has 1 heterocycles. The molecular weight excluding hydrogens is 242 g/mol. The van der Waals surface area contributed by atoms with Crippen molar-refractivity contribution in [3.63, 3.8) is 0 Å². The minimum Gasteiger partial charge on any atom is -0.323 e. The molecule has 1 aromatic carbocycles. The largest absolute Gasteiger partial charge is 0.323 e. The maximum atomic E-state index is 12.1. The summed E-state index contributed by atoms with van der Waals surface area (Å²) < 4.78 is 1.50. The molecule has 1 atom stereocenters. The van der Waals surface area contributed by atoms with Gasteiger partial charge in [-0.25, -0.2) is 4.68 Å². The summed E-state index contributed by atoms with van der Waals surface area (Å²) in [4.78, 5) is 13.7. The van der Waals surface area contributed by atoms with Gasteiger partial charge >= 0.3 is 0 Å². The number of amides is 1. The summed E-state index contributed by atoms with van der Waals surface area (Å²) >= 11 is 0. The summed E-state index contributed by atoms with van der Waals surface area (Å²) in [7, 11) is 1.74. The number of nitrogens with zero attached hydrogens (tertiary/aromatic N) is 4. The van der Waals surface area contributed by atoms with Gasteiger partial charge in [0.25, 0.3) is 0 Å². The number of anilines is 1. The number of nitrogens with two attached hydrogens (primary N) is 1. The molecule has 0 bridgehead atoms. The van der Waals surface area contributed by atoms with Gasteiger partial charge in [-0.1, -0.05) is 23.4 Å². The Labute approximate surface area is 111 Å². The van der Waals surface area contributed by atoms with E-state index in [1.807, 2.05) is 37.3 Å². The molecule has 1 unspecified atom stereocenters. The van der Waals surface area contributed by atoms with E-state index in [1.165, 1.54) is 4.68 Å². The van der Waals surface area contributed by atoms with E-state index in [4.69, 9.17) is 5.73 Å². The average Bonchev–Trinajstić information content (AvgIpc) is 2.87. The Morgan fingerprint density at radius 3 is 2.68 bits per heavy atom. The van der Waals surface area contributed by atoms with Crippen LogP contribution in [0, 0.1) is 0 Å². The standard InChI is InChI=1S/C13H17N5O/c1-10(14)12-8-18(16-15-12)9-13(19)17(2)11-6-4-3-5-7-11/h3-8,10H,9,14H2,1-2H3. The Balaban J connectivity index is 2.04. The van der Waals surface area contributed by atoms with Crippen LogP contribution in [0.2, 0.25) is 0 Å². The van der Waals surface area contributed by atoms with E-state index in [1.54, 1.807) is 18.1 Å². The maximum absolute atomic E-state index is 12.1. The van der Waals surface area contributed by atoms with Crippen molar-refractivity contribution in [2.45, 2.75) is 19.5 Å². The summed E-state index contributed by atoms with van der Waals surface area (Å²) in [5.74, 6) is -0.0627. The molecule has 19 heavy (non-hydrogen) atoms. The van der Waals surface area contributed by atoms with E-state index in [0.717, 1.165) is 5.69 Å². The summed E-state index contributed by atoms with van der Waals surface area (Å²) in [6.45, 7) is 1.97. The average molecular weight is 259 g/mol. The topological polar surface area (TPSA) is 77.0 Å². The van der Waals surface area contributed by atoms with Crippen LogP contribution in [-0.4, -0.2) is 27.9 Å². The lowest BCUT2D eigenvalue weighted by molar-refractivity contribution is -0.119. The summed E-state index contributed by atoms with van der Waals surface area (Å²) in [6.07, 6.45) is 1.70. The second-order valence-corrected chi connectivity index (χ2v) is 4.42. The van der Waals surface area contributed by atoms with E-state index >= 15 is 0 Å². The quantitative estimate of drug-likeness (QED) is 0.887. The van der Waals surface area contributed by atoms with Crippen LogP contribution < -0.4 is 10.6 Å². The minimum atomic E-state index is -0.185. The zero-order valence-electron chi connectivity index (χ0n) is 11.0. The van der Waals surface area contributed by atoms with Crippen LogP contribution in [0.15, 0.2) is 36.5 Å². The number of rotatable bonds is 4. The molecule has 0 saturated heterocycles. The second-order valence-electron chi connectivity index (χ2n) is 4.42. The SMILES string of the molecule is CC(N)c1cn(CC(=O)N(C)c2ccccc2)nn1. The van der Waals surface area contributed by atoms with Crippen molar-refractivity contribution in [1.82, 2.24) is 15.0 Å². The van der Waals surface area contributed by atoms with Crippen LogP contribution in [-0.2, 0) is 11.3 Å². The highest BCUT2D eigenvalue weighted by atomic mass is 16.2. The Morgan fingerprint density at radius 1 is 1.42 bits per heavy atom. The van der Waals surface area contributed by atoms with Crippen molar-refractivity contribution in [3.05, 3.63) is 42.2 Å². The van der Waals surface area contributed by atoms with Gasteiger partial charge in [-0.15, -0.1) is 5.10 Å². The molecular formula is C13H17N5O. The van der Waals surface area contributed by atoms with Gasteiger partial charge in [0.1, 0.15) is 6.54 Å². The molecule has 2 rings (SSSR count). The molecule has 2 aromatic rings. The molecule has 0 aliphatic heterocycles. The molecule has 6 heteroatoms. The lowest BCUT2D eigenvalue weighted by Crippen LogP contribution is -2.30. The first-order valence-electron chi connectivity index (χ1n) is 6.05. The molecule has 0 radical (unpaired) electrons. The van der Waals surface area contributed by atoms with Gasteiger partial charge in [-0.3, -0.25) is 4.79 Å². The molecule has 1 aromatic heterocycles. The Hall–Kier alpha value is -2.21. The predicted octanol–water partition coefficient (Wildman–Crippen LogP) is 0.961. The highest BCUT2D eigenvalue weighted by molar-refractivity contribution is 5.92. The molecule has 0 aliphatic rings. The van der Waals surface area contributed by atoms with Crippen molar-refractivity contribution in [2.24, 2.45) is 5.73 Å². The number of carbonyl (C=O) groups excluding carboxylic acids is 1. The third-order valence-corrected chi connectivity index (χ3v) is 2.84. The predicted molar refractivity (Wildman–Crippen MR) is 72.5 cm³/mol. The van der Waals surface area contributed by atoms with Crippen LogP contribution in [0.3, 0.4) is 0 Å². The van der Waals surface area contributed by atoms with Crippen molar-refractivity contribution >= 4 is 11.6 Å². The number of hydrogen-bond acceptors (Lipinski definition) is 4. The second kappa shape index (κ2) is 5.62. The van der Waals surface area contributed by atoms with Crippen molar-refractivity contribution in [2.75, 3.05) is 11.9 Å². The molecule has 100 valence electrons. The monoisotopic (exact) mass is 259 g/mol. The van der Waals surface area contributed by atoms with Crippen LogP contribution in [0.25, 0.3) is 0 Å². The smallest absolute Gasteiger partial charge is 0.248 e. The fraction of sp³-hybridized carbons (Fsp3) is 0.308. The van der Waals surface area contributed by atoms with E-state index in [2.05, 4.69) is 10.3 Å². The molecule has 0 saturated carbocycles. The number of benzene rings is 1. The first-order chi connectivity index (χ1) is 9.08. The number of hydrogen-bond donors (Lipinski definition) is 1. The van der Waals surface area contributed by atoms with Crippen molar-refractivity contribution < 1.29 is 4.79 Å². The van der Waals surface area contributed by atoms with Gasteiger partial charge in [0.05, 0.1) is 11.9 Å². The number of aromatic nitrogens is 3. The first-order valence-corrected chi connectivity index (χ1v) is 6.05. The number of carbonyl (C=O) groups is 1. The fourth-order valence-electron chi connectivity index (χ4n) is 1.64. The lowest BCUT2D eigenvalue weighted by Gasteiger charge is -2.16. The van der Waals surface area contributed by atoms with Crippen LogP contribution in [0.5, 0.6) is 0 Å². The zero-order chi connectivity index (χ0) is 13.8. The van der Waals surface area contributed by atoms with Crippen LogP contribution in [0.4, 0.5) is 5.69 Å². The van der Waals surface area contributed by atoms with Gasteiger partial charge in [-0.2, -0.15) is 0 Å². The summed E-state index contributed by atoms with van der Waals surface area (Å²) in [5, 5.41) is 7.81. The van der Waals surface area contributed by atoms with Gasteiger partial charge in [0.2, 0.25) is 5.91 Å². The highest BCUT2D eigenvalue weighted by Crippen LogP contribution is 2.11. The van der Waals surface area contributed by atoms with E-state index in [-0.39, 0.29) is 18.5 Å². The fourth-order valence-corrected chi connectivity index (χ4v) is 1.64. The maximum Gasteiger partial charge on any atom is 0.248 e. The zero-order valence-corrected chi connectivity index (χ0v) is 11.0. The minimum absolute atomic E-state index is 0.0627. The van der Waals surface area contributed by atoms with E-state index in [9.17, 15) is 4.79 Å². The molecule has 0 fully saturated rings. The third-order valence-electron chi connectivity index (χ3n) is 2.84. The Bertz CT molecular complexity index is 549. The van der Waals surface area contributed by atoms with Crippen molar-refractivity contribution in [1.29, 1.82) is 0 Å². The number of likely N-dealkylation sites (N-methyl/N-ethyl adjacent to an activating group) is 1. The van der Waals surface area contributed by atoms with Gasteiger partial charge < -0.3 is 10.6 Å². The van der Waals surface area contributed by atoms with Crippen LogP contribution in [0.1, 0.15) is 18.7 Å². The van der Waals surface area contributed by atoms with E-state index in [0.29, 0.717) is 5.69 Å². The first kappa shape index (κ1) is 13.2. The highest BCUT2D eigenvalue weighted by Gasteiger charge is 2.13. The van der Waals surface area contributed by atoms with Crippen LogP contribution >= 0.6 is 0 Å².